The summed E-state index contributed by atoms with van der Waals surface area (Å²) in [6.45, 7) is 0.349. The van der Waals surface area contributed by atoms with Crippen LogP contribution < -0.4 is 15.8 Å². The molecule has 39 heavy (non-hydrogen) atoms. The number of alkyl halides is 3. The van der Waals surface area contributed by atoms with Crippen molar-refractivity contribution in [2.45, 2.75) is 25.1 Å². The number of primary amides is 1. The molecule has 0 aliphatic rings. The highest BCUT2D eigenvalue weighted by atomic mass is 19.4. The average molecular weight is 545 g/mol. The molecule has 0 radical (unpaired) electrons. The second kappa shape index (κ2) is 10.7. The van der Waals surface area contributed by atoms with Crippen LogP contribution in [-0.4, -0.2) is 51.2 Å². The molecule has 0 saturated heterocycles. The molecular formula is C26H23F4N5O4. The Bertz CT molecular complexity index is 1490. The Hall–Kier alpha value is -4.52. The third kappa shape index (κ3) is 5.67. The van der Waals surface area contributed by atoms with Crippen LogP contribution >= 0.6 is 0 Å². The standard InChI is InChI=1S/C26H23F4N5O4/c1-2-39-23-15(11-21(31)36)10-20(35-22(23)14-3-5-17(27)6-4-14)25(38,26(28,29)30)13-33-24(37)19-9-16-12-32-8-7-18(16)34-19/h3-10,12,34,38H,2,11,13H2,1H3,(H2,31,36)(H,33,37)/t25-/m0/s1. The predicted molar refractivity (Wildman–Crippen MR) is 132 cm³/mol. The van der Waals surface area contributed by atoms with Gasteiger partial charge in [-0.1, -0.05) is 0 Å². The number of pyridine rings is 2. The van der Waals surface area contributed by atoms with Crippen LogP contribution in [0.4, 0.5) is 17.6 Å². The van der Waals surface area contributed by atoms with Gasteiger partial charge in [0.1, 0.15) is 23.0 Å². The van der Waals surface area contributed by atoms with Crippen LogP contribution in [0.15, 0.2) is 54.9 Å². The summed E-state index contributed by atoms with van der Waals surface area (Å²) >= 11 is 0. The van der Waals surface area contributed by atoms with Crippen molar-refractivity contribution < 1.29 is 37.0 Å². The van der Waals surface area contributed by atoms with Crippen molar-refractivity contribution in [1.82, 2.24) is 20.3 Å². The first kappa shape index (κ1) is 27.5. The fourth-order valence-corrected chi connectivity index (χ4v) is 3.96. The molecule has 3 aromatic heterocycles. The van der Waals surface area contributed by atoms with E-state index in [1.807, 2.05) is 0 Å². The van der Waals surface area contributed by atoms with E-state index in [0.717, 1.165) is 18.2 Å². The lowest BCUT2D eigenvalue weighted by atomic mass is 9.93. The van der Waals surface area contributed by atoms with E-state index >= 15 is 0 Å². The lowest BCUT2D eigenvalue weighted by molar-refractivity contribution is -0.265. The molecular weight excluding hydrogens is 522 g/mol. The van der Waals surface area contributed by atoms with Crippen molar-refractivity contribution >= 4 is 22.7 Å². The number of carbonyl (C=O) groups is 2. The van der Waals surface area contributed by atoms with Crippen molar-refractivity contribution in [3.8, 4) is 17.0 Å². The molecule has 4 rings (SSSR count). The number of fused-ring (bicyclic) bond motifs is 1. The third-order valence-electron chi connectivity index (χ3n) is 5.88. The maximum Gasteiger partial charge on any atom is 0.424 e. The Morgan fingerprint density at radius 1 is 1.15 bits per heavy atom. The highest BCUT2D eigenvalue weighted by Gasteiger charge is 2.56. The Morgan fingerprint density at radius 3 is 2.49 bits per heavy atom. The molecule has 0 spiro atoms. The van der Waals surface area contributed by atoms with Gasteiger partial charge in [-0.05, 0) is 49.4 Å². The molecule has 0 fully saturated rings. The number of hydrogen-bond donors (Lipinski definition) is 4. The normalized spacial score (nSPS) is 13.2. The number of nitrogens with two attached hydrogens (primary N) is 1. The lowest BCUT2D eigenvalue weighted by Crippen LogP contribution is -2.51. The molecule has 0 aliphatic carbocycles. The van der Waals surface area contributed by atoms with Crippen molar-refractivity contribution in [3.05, 3.63) is 77.6 Å². The van der Waals surface area contributed by atoms with E-state index in [1.54, 1.807) is 13.0 Å². The van der Waals surface area contributed by atoms with Gasteiger partial charge in [-0.2, -0.15) is 13.2 Å². The highest BCUT2D eigenvalue weighted by molar-refractivity contribution is 5.97. The number of halogens is 4. The summed E-state index contributed by atoms with van der Waals surface area (Å²) in [7, 11) is 0. The molecule has 1 atom stereocenters. The van der Waals surface area contributed by atoms with Gasteiger partial charge in [-0.3, -0.25) is 14.6 Å². The topological polar surface area (TPSA) is 143 Å². The zero-order valence-corrected chi connectivity index (χ0v) is 20.5. The minimum Gasteiger partial charge on any atom is -0.491 e. The number of benzene rings is 1. The van der Waals surface area contributed by atoms with Gasteiger partial charge in [0, 0.05) is 34.4 Å². The number of nitrogens with one attached hydrogen (secondary N) is 2. The molecule has 4 aromatic rings. The summed E-state index contributed by atoms with van der Waals surface area (Å²) in [5, 5.41) is 13.7. The van der Waals surface area contributed by atoms with E-state index < -0.39 is 48.1 Å². The van der Waals surface area contributed by atoms with Gasteiger partial charge in [0.2, 0.25) is 11.5 Å². The quantitative estimate of drug-likeness (QED) is 0.238. The monoisotopic (exact) mass is 545 g/mol. The van der Waals surface area contributed by atoms with Crippen LogP contribution in [0.5, 0.6) is 5.75 Å². The van der Waals surface area contributed by atoms with E-state index in [4.69, 9.17) is 10.5 Å². The van der Waals surface area contributed by atoms with Crippen LogP contribution in [0.2, 0.25) is 0 Å². The van der Waals surface area contributed by atoms with E-state index in [1.165, 1.54) is 30.6 Å². The van der Waals surface area contributed by atoms with Crippen molar-refractivity contribution in [1.29, 1.82) is 0 Å². The van der Waals surface area contributed by atoms with Crippen LogP contribution in [0.3, 0.4) is 0 Å². The maximum atomic E-state index is 14.4. The minimum absolute atomic E-state index is 0.0492. The van der Waals surface area contributed by atoms with E-state index in [-0.39, 0.29) is 34.9 Å². The van der Waals surface area contributed by atoms with Crippen LogP contribution in [0.1, 0.15) is 28.7 Å². The molecule has 204 valence electrons. The average Bonchev–Trinajstić information content (AvgIpc) is 3.32. The summed E-state index contributed by atoms with van der Waals surface area (Å²) in [6.07, 6.45) is -2.92. The van der Waals surface area contributed by atoms with Crippen LogP contribution in [0.25, 0.3) is 22.2 Å². The maximum absolute atomic E-state index is 14.4. The van der Waals surface area contributed by atoms with Gasteiger partial charge in [-0.25, -0.2) is 9.37 Å². The Balaban J connectivity index is 1.79. The fraction of sp³-hybridized carbons (Fsp3) is 0.231. The Kier molecular flexibility index (Phi) is 7.54. The first-order valence-corrected chi connectivity index (χ1v) is 11.6. The van der Waals surface area contributed by atoms with Crippen LogP contribution in [-0.2, 0) is 16.8 Å². The number of rotatable bonds is 9. The predicted octanol–water partition coefficient (Wildman–Crippen LogP) is 3.37. The number of nitrogens with zero attached hydrogens (tertiary/aromatic N) is 2. The van der Waals surface area contributed by atoms with Gasteiger partial charge in [0.25, 0.3) is 5.91 Å². The number of hydrogen-bond acceptors (Lipinski definition) is 6. The third-order valence-corrected chi connectivity index (χ3v) is 5.88. The molecule has 9 nitrogen and oxygen atoms in total. The number of aromatic amines is 1. The van der Waals surface area contributed by atoms with Gasteiger partial charge in [-0.15, -0.1) is 0 Å². The van der Waals surface area contributed by atoms with Crippen molar-refractivity contribution in [2.24, 2.45) is 5.73 Å². The first-order chi connectivity index (χ1) is 18.4. The van der Waals surface area contributed by atoms with Crippen molar-refractivity contribution in [2.75, 3.05) is 13.2 Å². The first-order valence-electron chi connectivity index (χ1n) is 11.6. The van der Waals surface area contributed by atoms with E-state index in [9.17, 15) is 32.3 Å². The zero-order valence-electron chi connectivity index (χ0n) is 20.5. The van der Waals surface area contributed by atoms with E-state index in [2.05, 4.69) is 20.3 Å². The Morgan fingerprint density at radius 2 is 1.87 bits per heavy atom. The smallest absolute Gasteiger partial charge is 0.424 e. The second-order valence-corrected chi connectivity index (χ2v) is 8.61. The SMILES string of the molecule is CCOc1c(CC(N)=O)cc([C@@](O)(CNC(=O)c2cc3cnccc3[nH]2)C(F)(F)F)nc1-c1ccc(F)cc1. The molecule has 0 unspecified atom stereocenters. The summed E-state index contributed by atoms with van der Waals surface area (Å²) in [5.41, 5.74) is 1.10. The number of ether oxygens (including phenoxy) is 1. The molecule has 1 aromatic carbocycles. The molecule has 0 bridgehead atoms. The fourth-order valence-electron chi connectivity index (χ4n) is 3.96. The highest BCUT2D eigenvalue weighted by Crippen LogP contribution is 2.42. The molecule has 0 saturated carbocycles. The zero-order chi connectivity index (χ0) is 28.4. The van der Waals surface area contributed by atoms with Crippen LogP contribution in [0, 0.1) is 5.82 Å². The van der Waals surface area contributed by atoms with Gasteiger partial charge < -0.3 is 25.9 Å². The molecule has 3 heterocycles. The summed E-state index contributed by atoms with van der Waals surface area (Å²) in [5.74, 6) is -2.45. The summed E-state index contributed by atoms with van der Waals surface area (Å²) < 4.78 is 62.4. The number of amides is 2. The summed E-state index contributed by atoms with van der Waals surface area (Å²) in [4.78, 5) is 35.2. The molecule has 13 heteroatoms. The minimum atomic E-state index is -5.32. The number of H-pyrrole nitrogens is 1. The van der Waals surface area contributed by atoms with Gasteiger partial charge in [0.15, 0.2) is 0 Å². The molecule has 5 N–H and O–H groups in total. The lowest BCUT2D eigenvalue weighted by Gasteiger charge is -2.31. The van der Waals surface area contributed by atoms with Crippen molar-refractivity contribution in [3.63, 3.8) is 0 Å². The number of carbonyl (C=O) groups excluding carboxylic acids is 2. The number of aromatic nitrogens is 3. The molecule has 2 amide bonds. The number of aliphatic hydroxyl groups is 1. The van der Waals surface area contributed by atoms with Gasteiger partial charge in [0.05, 0.1) is 25.3 Å². The largest absolute Gasteiger partial charge is 0.491 e. The Labute approximate surface area is 219 Å². The van der Waals surface area contributed by atoms with Gasteiger partial charge >= 0.3 is 6.18 Å². The van der Waals surface area contributed by atoms with E-state index in [0.29, 0.717) is 10.9 Å². The second-order valence-electron chi connectivity index (χ2n) is 8.61. The molecule has 0 aliphatic heterocycles. The summed E-state index contributed by atoms with van der Waals surface area (Å²) in [6, 6.07) is 8.50.